The van der Waals surface area contributed by atoms with Gasteiger partial charge in [-0.05, 0) is 50.6 Å². The number of hydrogen-bond acceptors (Lipinski definition) is 3. The lowest BCUT2D eigenvalue weighted by Gasteiger charge is -2.47. The lowest BCUT2D eigenvalue weighted by molar-refractivity contribution is -0.142. The van der Waals surface area contributed by atoms with Crippen molar-refractivity contribution in [3.05, 3.63) is 0 Å². The molecule has 1 saturated carbocycles. The highest BCUT2D eigenvalue weighted by atomic mass is 16.2. The van der Waals surface area contributed by atoms with Crippen molar-refractivity contribution in [1.82, 2.24) is 9.80 Å². The van der Waals surface area contributed by atoms with Crippen LogP contribution >= 0.6 is 0 Å². The van der Waals surface area contributed by atoms with Crippen LogP contribution in [0.25, 0.3) is 0 Å². The molecule has 2 fully saturated rings. The third-order valence-corrected chi connectivity index (χ3v) is 6.33. The van der Waals surface area contributed by atoms with Crippen LogP contribution < -0.4 is 5.73 Å². The molecule has 4 atom stereocenters. The Morgan fingerprint density at radius 2 is 2.00 bits per heavy atom. The molecule has 21 heavy (non-hydrogen) atoms. The molecule has 2 aliphatic rings. The second-order valence-corrected chi connectivity index (χ2v) is 7.90. The molecule has 1 heterocycles. The molecule has 4 nitrogen and oxygen atoms in total. The van der Waals surface area contributed by atoms with Crippen molar-refractivity contribution >= 4 is 5.91 Å². The summed E-state index contributed by atoms with van der Waals surface area (Å²) in [5, 5.41) is 0. The van der Waals surface area contributed by atoms with E-state index in [1.165, 1.54) is 12.8 Å². The van der Waals surface area contributed by atoms with E-state index in [-0.39, 0.29) is 17.4 Å². The number of amides is 1. The van der Waals surface area contributed by atoms with Crippen molar-refractivity contribution in [3.8, 4) is 0 Å². The molecule has 0 radical (unpaired) electrons. The Balaban J connectivity index is 2.01. The number of nitrogens with zero attached hydrogens (tertiary/aromatic N) is 2. The second kappa shape index (κ2) is 6.25. The van der Waals surface area contributed by atoms with Crippen molar-refractivity contribution < 1.29 is 4.79 Å². The van der Waals surface area contributed by atoms with Gasteiger partial charge in [-0.25, -0.2) is 0 Å². The van der Waals surface area contributed by atoms with Gasteiger partial charge in [-0.15, -0.1) is 0 Å². The highest BCUT2D eigenvalue weighted by Crippen LogP contribution is 2.45. The summed E-state index contributed by atoms with van der Waals surface area (Å²) in [6.45, 7) is 8.66. The molecule has 0 aromatic rings. The van der Waals surface area contributed by atoms with Crippen LogP contribution in [0, 0.1) is 17.3 Å². The van der Waals surface area contributed by atoms with Gasteiger partial charge in [0.05, 0.1) is 0 Å². The fourth-order valence-electron chi connectivity index (χ4n) is 4.17. The number of rotatable bonds is 3. The molecular weight excluding hydrogens is 262 g/mol. The van der Waals surface area contributed by atoms with Gasteiger partial charge in [0.1, 0.15) is 0 Å². The van der Waals surface area contributed by atoms with E-state index in [9.17, 15) is 4.79 Å². The first-order valence-corrected chi connectivity index (χ1v) is 8.46. The van der Waals surface area contributed by atoms with Gasteiger partial charge in [0, 0.05) is 31.6 Å². The molecule has 122 valence electrons. The second-order valence-electron chi connectivity index (χ2n) is 7.90. The molecule has 1 aliphatic carbocycles. The Morgan fingerprint density at radius 1 is 1.33 bits per heavy atom. The molecule has 4 heteroatoms. The van der Waals surface area contributed by atoms with Gasteiger partial charge >= 0.3 is 0 Å². The van der Waals surface area contributed by atoms with E-state index in [1.54, 1.807) is 0 Å². The molecule has 2 N–H and O–H groups in total. The lowest BCUT2D eigenvalue weighted by Crippen LogP contribution is -2.53. The zero-order chi connectivity index (χ0) is 15.8. The summed E-state index contributed by atoms with van der Waals surface area (Å²) in [7, 11) is 4.14. The fourth-order valence-corrected chi connectivity index (χ4v) is 4.17. The average Bonchev–Trinajstić information content (AvgIpc) is 2.81. The minimum absolute atomic E-state index is 0.00934. The van der Waals surface area contributed by atoms with E-state index >= 15 is 0 Å². The van der Waals surface area contributed by atoms with Crippen LogP contribution in [0.5, 0.6) is 0 Å². The minimum Gasteiger partial charge on any atom is -0.344 e. The Morgan fingerprint density at radius 3 is 2.57 bits per heavy atom. The third kappa shape index (κ3) is 3.26. The average molecular weight is 295 g/mol. The monoisotopic (exact) mass is 295 g/mol. The largest absolute Gasteiger partial charge is 0.344 e. The van der Waals surface area contributed by atoms with Crippen molar-refractivity contribution in [3.63, 3.8) is 0 Å². The van der Waals surface area contributed by atoms with E-state index in [0.717, 1.165) is 25.9 Å². The van der Waals surface area contributed by atoms with Crippen LogP contribution in [0.3, 0.4) is 0 Å². The van der Waals surface area contributed by atoms with Gasteiger partial charge in [0.15, 0.2) is 0 Å². The van der Waals surface area contributed by atoms with Gasteiger partial charge in [-0.3, -0.25) is 4.79 Å². The number of hydrogen-bond donors (Lipinski definition) is 1. The van der Waals surface area contributed by atoms with Crippen LogP contribution in [0.4, 0.5) is 0 Å². The molecule has 0 bridgehead atoms. The van der Waals surface area contributed by atoms with Crippen LogP contribution in [-0.2, 0) is 4.79 Å². The first kappa shape index (κ1) is 16.8. The van der Waals surface area contributed by atoms with Gasteiger partial charge in [0.25, 0.3) is 0 Å². The fraction of sp³-hybridized carbons (Fsp3) is 0.941. The molecule has 1 amide bonds. The summed E-state index contributed by atoms with van der Waals surface area (Å²) in [4.78, 5) is 17.3. The summed E-state index contributed by atoms with van der Waals surface area (Å²) in [5.41, 5.74) is 6.20. The summed E-state index contributed by atoms with van der Waals surface area (Å²) in [6, 6.07) is 0.764. The predicted octanol–water partition coefficient (Wildman–Crippen LogP) is 1.94. The van der Waals surface area contributed by atoms with Crippen LogP contribution in [0.1, 0.15) is 46.5 Å². The van der Waals surface area contributed by atoms with E-state index in [1.807, 2.05) is 11.9 Å². The maximum Gasteiger partial charge on any atom is 0.226 e. The van der Waals surface area contributed by atoms with E-state index in [0.29, 0.717) is 17.9 Å². The summed E-state index contributed by atoms with van der Waals surface area (Å²) in [6.07, 6.45) is 4.37. The smallest absolute Gasteiger partial charge is 0.226 e. The molecular formula is C17H33N3O. The highest BCUT2D eigenvalue weighted by molar-refractivity contribution is 5.79. The molecule has 1 aliphatic heterocycles. The van der Waals surface area contributed by atoms with E-state index in [4.69, 9.17) is 5.73 Å². The third-order valence-electron chi connectivity index (χ3n) is 6.33. The number of likely N-dealkylation sites (N-methyl/N-ethyl adjacent to an activating group) is 2. The van der Waals surface area contributed by atoms with Gasteiger partial charge < -0.3 is 15.5 Å². The Kier molecular flexibility index (Phi) is 4.99. The quantitative estimate of drug-likeness (QED) is 0.865. The zero-order valence-corrected chi connectivity index (χ0v) is 14.4. The summed E-state index contributed by atoms with van der Waals surface area (Å²) in [5.74, 6) is 0.825. The first-order valence-electron chi connectivity index (χ1n) is 8.46. The van der Waals surface area contributed by atoms with Gasteiger partial charge in [0.2, 0.25) is 5.91 Å². The Bertz CT molecular complexity index is 382. The number of likely N-dealkylation sites (tertiary alicyclic amines) is 1. The zero-order valence-electron chi connectivity index (χ0n) is 14.4. The topological polar surface area (TPSA) is 49.6 Å². The standard InChI is InChI=1S/C17H33N3O/c1-12-15(18)9-8-14(17(12,2)3)16(21)20(5)11-13-7-6-10-19(13)4/h12-15H,6-11,18H2,1-5H3. The maximum atomic E-state index is 12.9. The van der Waals surface area contributed by atoms with Crippen molar-refractivity contribution in [2.75, 3.05) is 27.2 Å². The molecule has 0 spiro atoms. The number of carbonyl (C=O) groups excluding carboxylic acids is 1. The molecule has 1 saturated heterocycles. The molecule has 0 aromatic heterocycles. The lowest BCUT2D eigenvalue weighted by atomic mass is 9.60. The van der Waals surface area contributed by atoms with E-state index < -0.39 is 0 Å². The molecule has 0 aromatic carbocycles. The minimum atomic E-state index is -0.00934. The summed E-state index contributed by atoms with van der Waals surface area (Å²) < 4.78 is 0. The Hall–Kier alpha value is -0.610. The van der Waals surface area contributed by atoms with Crippen molar-refractivity contribution in [1.29, 1.82) is 0 Å². The first-order chi connectivity index (χ1) is 9.75. The van der Waals surface area contributed by atoms with Crippen LogP contribution in [0.15, 0.2) is 0 Å². The number of nitrogens with two attached hydrogens (primary N) is 1. The molecule has 4 unspecified atom stereocenters. The van der Waals surface area contributed by atoms with Gasteiger partial charge in [-0.2, -0.15) is 0 Å². The summed E-state index contributed by atoms with van der Waals surface area (Å²) >= 11 is 0. The Labute approximate surface area is 130 Å². The normalized spacial score (nSPS) is 36.7. The van der Waals surface area contributed by atoms with Crippen molar-refractivity contribution in [2.45, 2.75) is 58.5 Å². The number of carbonyl (C=O) groups is 1. The maximum absolute atomic E-state index is 12.9. The van der Waals surface area contributed by atoms with Gasteiger partial charge in [-0.1, -0.05) is 20.8 Å². The highest BCUT2D eigenvalue weighted by Gasteiger charge is 2.46. The SMILES string of the molecule is CC1C(N)CCC(C(=O)N(C)CC2CCCN2C)C1(C)C. The van der Waals surface area contributed by atoms with Crippen LogP contribution in [-0.4, -0.2) is 55.0 Å². The van der Waals surface area contributed by atoms with Crippen LogP contribution in [0.2, 0.25) is 0 Å². The molecule has 2 rings (SSSR count). The van der Waals surface area contributed by atoms with Crippen molar-refractivity contribution in [2.24, 2.45) is 23.0 Å². The predicted molar refractivity (Wildman–Crippen MR) is 86.9 cm³/mol. The van der Waals surface area contributed by atoms with E-state index in [2.05, 4.69) is 32.7 Å².